The molecule has 0 aliphatic heterocycles. The van der Waals surface area contributed by atoms with Gasteiger partial charge in [-0.1, -0.05) is 12.8 Å². The number of carbonyl (C=O) groups excluding carboxylic acids is 2. The third-order valence-electron chi connectivity index (χ3n) is 3.58. The monoisotopic (exact) mass is 330 g/mol. The Hall–Kier alpha value is -1.34. The topological polar surface area (TPSA) is 77.1 Å². The largest absolute Gasteiger partial charge is 0.444 e. The lowest BCUT2D eigenvalue weighted by Gasteiger charge is -2.28. The fourth-order valence-corrected chi connectivity index (χ4v) is 2.18. The quantitative estimate of drug-likeness (QED) is 0.686. The number of hydrogen-bond donors (Lipinski definition) is 1. The molecule has 134 valence electrons. The van der Waals surface area contributed by atoms with E-state index in [2.05, 4.69) is 5.32 Å². The van der Waals surface area contributed by atoms with Crippen molar-refractivity contribution < 1.29 is 23.8 Å². The van der Waals surface area contributed by atoms with Gasteiger partial charge in [-0.25, -0.2) is 4.79 Å². The van der Waals surface area contributed by atoms with Crippen molar-refractivity contribution in [3.8, 4) is 0 Å². The summed E-state index contributed by atoms with van der Waals surface area (Å²) in [6, 6.07) is -0.586. The molecule has 23 heavy (non-hydrogen) atoms. The van der Waals surface area contributed by atoms with E-state index in [9.17, 15) is 9.59 Å². The molecular weight excluding hydrogens is 300 g/mol. The average molecular weight is 330 g/mol. The van der Waals surface area contributed by atoms with Gasteiger partial charge in [-0.15, -0.1) is 0 Å². The van der Waals surface area contributed by atoms with E-state index >= 15 is 0 Å². The molecule has 0 bridgehead atoms. The highest BCUT2D eigenvalue weighted by atomic mass is 16.7. The van der Waals surface area contributed by atoms with Gasteiger partial charge in [0.05, 0.1) is 6.54 Å². The average Bonchev–Trinajstić information content (AvgIpc) is 3.24. The Morgan fingerprint density at radius 1 is 1.22 bits per heavy atom. The van der Waals surface area contributed by atoms with Crippen LogP contribution in [-0.2, 0) is 19.0 Å². The number of ether oxygens (including phenoxy) is 3. The number of likely N-dealkylation sites (N-methyl/N-ethyl adjacent to an activating group) is 1. The third kappa shape index (κ3) is 7.65. The minimum absolute atomic E-state index is 0.165. The molecule has 0 aromatic carbocycles. The lowest BCUT2D eigenvalue weighted by molar-refractivity contribution is -0.145. The highest BCUT2D eigenvalue weighted by molar-refractivity contribution is 5.85. The Kier molecular flexibility index (Phi) is 7.28. The first-order valence-corrected chi connectivity index (χ1v) is 7.96. The SMILES string of the molecule is COC(CN(C)C(=O)[C@@H](CC1CC1)NC(=O)OC(C)(C)C)OC. The van der Waals surface area contributed by atoms with E-state index in [1.165, 1.54) is 19.1 Å². The predicted octanol–water partition coefficient (Wildman–Crippen LogP) is 1.76. The minimum Gasteiger partial charge on any atom is -0.444 e. The third-order valence-corrected chi connectivity index (χ3v) is 3.58. The number of alkyl carbamates (subject to hydrolysis) is 1. The number of methoxy groups -OCH3 is 2. The van der Waals surface area contributed by atoms with Crippen molar-refractivity contribution in [1.29, 1.82) is 0 Å². The smallest absolute Gasteiger partial charge is 0.408 e. The van der Waals surface area contributed by atoms with Gasteiger partial charge in [-0.3, -0.25) is 4.79 Å². The van der Waals surface area contributed by atoms with E-state index in [1.54, 1.807) is 27.8 Å². The zero-order valence-corrected chi connectivity index (χ0v) is 15.0. The Morgan fingerprint density at radius 3 is 2.22 bits per heavy atom. The van der Waals surface area contributed by atoms with Crippen LogP contribution in [0.4, 0.5) is 4.79 Å². The van der Waals surface area contributed by atoms with Gasteiger partial charge in [0, 0.05) is 21.3 Å². The maximum Gasteiger partial charge on any atom is 0.408 e. The van der Waals surface area contributed by atoms with Crippen molar-refractivity contribution in [2.75, 3.05) is 27.8 Å². The van der Waals surface area contributed by atoms with Crippen molar-refractivity contribution in [3.05, 3.63) is 0 Å². The number of carbonyl (C=O) groups is 2. The van der Waals surface area contributed by atoms with Crippen molar-refractivity contribution in [2.45, 2.75) is 58.0 Å². The van der Waals surface area contributed by atoms with Gasteiger partial charge in [0.2, 0.25) is 5.91 Å². The molecule has 0 spiro atoms. The summed E-state index contributed by atoms with van der Waals surface area (Å²) in [5.74, 6) is 0.329. The summed E-state index contributed by atoms with van der Waals surface area (Å²) in [7, 11) is 4.71. The molecule has 1 rings (SSSR count). The van der Waals surface area contributed by atoms with Crippen LogP contribution in [0.15, 0.2) is 0 Å². The minimum atomic E-state index is -0.597. The molecule has 1 aliphatic carbocycles. The van der Waals surface area contributed by atoms with Crippen LogP contribution in [-0.4, -0.2) is 62.6 Å². The van der Waals surface area contributed by atoms with Gasteiger partial charge in [-0.05, 0) is 33.1 Å². The number of nitrogens with one attached hydrogen (secondary N) is 1. The molecule has 0 aromatic rings. The highest BCUT2D eigenvalue weighted by Gasteiger charge is 2.33. The standard InChI is InChI=1S/C16H30N2O5/c1-16(2,3)23-15(20)17-12(9-11-7-8-11)14(19)18(4)10-13(21-5)22-6/h11-13H,7-10H2,1-6H3,(H,17,20)/t12-/m1/s1. The first kappa shape index (κ1) is 19.7. The van der Waals surface area contributed by atoms with E-state index in [4.69, 9.17) is 14.2 Å². The Bertz CT molecular complexity index is 400. The van der Waals surface area contributed by atoms with E-state index in [0.717, 1.165) is 12.8 Å². The van der Waals surface area contributed by atoms with Crippen LogP contribution in [0.25, 0.3) is 0 Å². The number of amides is 2. The molecule has 0 radical (unpaired) electrons. The fourth-order valence-electron chi connectivity index (χ4n) is 2.18. The first-order valence-electron chi connectivity index (χ1n) is 7.96. The van der Waals surface area contributed by atoms with E-state index in [1.807, 2.05) is 0 Å². The van der Waals surface area contributed by atoms with Crippen LogP contribution in [0.3, 0.4) is 0 Å². The van der Waals surface area contributed by atoms with Crippen LogP contribution in [0.1, 0.15) is 40.0 Å². The number of hydrogen-bond acceptors (Lipinski definition) is 5. The van der Waals surface area contributed by atoms with Crippen LogP contribution in [0.5, 0.6) is 0 Å². The van der Waals surface area contributed by atoms with Gasteiger partial charge >= 0.3 is 6.09 Å². The molecule has 1 fully saturated rings. The van der Waals surface area contributed by atoms with E-state index < -0.39 is 24.0 Å². The predicted molar refractivity (Wildman–Crippen MR) is 85.9 cm³/mol. The summed E-state index contributed by atoms with van der Waals surface area (Å²) < 4.78 is 15.5. The second-order valence-corrected chi connectivity index (χ2v) is 7.00. The van der Waals surface area contributed by atoms with Crippen LogP contribution in [0, 0.1) is 5.92 Å². The molecule has 1 atom stereocenters. The van der Waals surface area contributed by atoms with Gasteiger partial charge < -0.3 is 24.4 Å². The molecule has 0 saturated heterocycles. The zero-order chi connectivity index (χ0) is 17.6. The van der Waals surface area contributed by atoms with Crippen molar-refractivity contribution >= 4 is 12.0 Å². The number of nitrogens with zero attached hydrogens (tertiary/aromatic N) is 1. The van der Waals surface area contributed by atoms with Crippen LogP contribution in [0.2, 0.25) is 0 Å². The van der Waals surface area contributed by atoms with E-state index in [-0.39, 0.29) is 5.91 Å². The van der Waals surface area contributed by atoms with Gasteiger partial charge in [0.15, 0.2) is 6.29 Å². The van der Waals surface area contributed by atoms with Gasteiger partial charge in [0.25, 0.3) is 0 Å². The van der Waals surface area contributed by atoms with Gasteiger partial charge in [0.1, 0.15) is 11.6 Å². The van der Waals surface area contributed by atoms with E-state index in [0.29, 0.717) is 18.9 Å². The first-order chi connectivity index (χ1) is 10.7. The highest BCUT2D eigenvalue weighted by Crippen LogP contribution is 2.33. The summed E-state index contributed by atoms with van der Waals surface area (Å²) in [5.41, 5.74) is -0.597. The lowest BCUT2D eigenvalue weighted by atomic mass is 10.1. The van der Waals surface area contributed by atoms with Gasteiger partial charge in [-0.2, -0.15) is 0 Å². The summed E-state index contributed by atoms with van der Waals surface area (Å²) in [4.78, 5) is 26.1. The molecule has 7 heteroatoms. The second kappa shape index (κ2) is 8.49. The summed E-state index contributed by atoms with van der Waals surface area (Å²) in [6.45, 7) is 5.66. The Labute approximate surface area is 138 Å². The number of rotatable bonds is 8. The maximum atomic E-state index is 12.6. The molecule has 0 aromatic heterocycles. The fraction of sp³-hybridized carbons (Fsp3) is 0.875. The zero-order valence-electron chi connectivity index (χ0n) is 15.0. The molecule has 1 aliphatic rings. The van der Waals surface area contributed by atoms with Crippen molar-refractivity contribution in [2.24, 2.45) is 5.92 Å². The lowest BCUT2D eigenvalue weighted by Crippen LogP contribution is -2.50. The Balaban J connectivity index is 2.64. The Morgan fingerprint density at radius 2 is 1.78 bits per heavy atom. The molecular formula is C16H30N2O5. The molecule has 2 amide bonds. The van der Waals surface area contributed by atoms with Crippen LogP contribution >= 0.6 is 0 Å². The van der Waals surface area contributed by atoms with Crippen LogP contribution < -0.4 is 5.32 Å². The molecule has 1 N–H and O–H groups in total. The summed E-state index contributed by atoms with van der Waals surface area (Å²) in [5, 5.41) is 2.70. The maximum absolute atomic E-state index is 12.6. The second-order valence-electron chi connectivity index (χ2n) is 7.00. The normalized spacial score (nSPS) is 16.1. The molecule has 1 saturated carbocycles. The molecule has 7 nitrogen and oxygen atoms in total. The molecule has 0 unspecified atom stereocenters. The molecule has 0 heterocycles. The summed E-state index contributed by atoms with van der Waals surface area (Å²) in [6.07, 6.45) is 1.77. The van der Waals surface area contributed by atoms with Crippen molar-refractivity contribution in [3.63, 3.8) is 0 Å². The van der Waals surface area contributed by atoms with Crippen molar-refractivity contribution in [1.82, 2.24) is 10.2 Å². The summed E-state index contributed by atoms with van der Waals surface area (Å²) >= 11 is 0.